The SMILES string of the molecule is CCCCCCCC(F)(F)C(F)(F)C(O)(O)F. The van der Waals surface area contributed by atoms with E-state index in [-0.39, 0.29) is 6.42 Å². The van der Waals surface area contributed by atoms with Crippen LogP contribution in [0.3, 0.4) is 0 Å². The van der Waals surface area contributed by atoms with Crippen molar-refractivity contribution in [2.24, 2.45) is 0 Å². The molecule has 0 spiro atoms. The molecule has 17 heavy (non-hydrogen) atoms. The van der Waals surface area contributed by atoms with Crippen molar-refractivity contribution in [2.75, 3.05) is 0 Å². The van der Waals surface area contributed by atoms with Gasteiger partial charge in [0.05, 0.1) is 0 Å². The first kappa shape index (κ1) is 16.6. The predicted molar refractivity (Wildman–Crippen MR) is 51.5 cm³/mol. The normalized spacial score (nSPS) is 14.1. The maximum atomic E-state index is 12.9. The predicted octanol–water partition coefficient (Wildman–Crippen LogP) is 3.23. The number of alkyl halides is 5. The van der Waals surface area contributed by atoms with Gasteiger partial charge in [0.25, 0.3) is 0 Å². The number of rotatable bonds is 8. The van der Waals surface area contributed by atoms with E-state index in [1.807, 2.05) is 6.92 Å². The summed E-state index contributed by atoms with van der Waals surface area (Å²) in [7, 11) is 0. The lowest BCUT2D eigenvalue weighted by Gasteiger charge is -2.30. The van der Waals surface area contributed by atoms with Crippen molar-refractivity contribution in [3.63, 3.8) is 0 Å². The molecule has 0 aliphatic heterocycles. The molecule has 104 valence electrons. The summed E-state index contributed by atoms with van der Waals surface area (Å²) >= 11 is 0. The quantitative estimate of drug-likeness (QED) is 0.401. The zero-order valence-electron chi connectivity index (χ0n) is 9.53. The highest BCUT2D eigenvalue weighted by atomic mass is 19.3. The molecule has 7 heteroatoms. The minimum absolute atomic E-state index is 0.224. The van der Waals surface area contributed by atoms with Gasteiger partial charge in [-0.25, -0.2) is 0 Å². The second-order valence-corrected chi connectivity index (χ2v) is 4.03. The lowest BCUT2D eigenvalue weighted by Crippen LogP contribution is -2.56. The summed E-state index contributed by atoms with van der Waals surface area (Å²) in [5.74, 6) is -10.3. The Labute approximate surface area is 96.4 Å². The Morgan fingerprint density at radius 3 is 1.71 bits per heavy atom. The molecule has 0 unspecified atom stereocenters. The Morgan fingerprint density at radius 2 is 1.29 bits per heavy atom. The Hall–Kier alpha value is -0.430. The molecule has 0 fully saturated rings. The Kier molecular flexibility index (Phi) is 5.80. The topological polar surface area (TPSA) is 40.5 Å². The highest BCUT2D eigenvalue weighted by Crippen LogP contribution is 2.44. The third-order valence-corrected chi connectivity index (χ3v) is 2.45. The van der Waals surface area contributed by atoms with Crippen LogP contribution in [0.25, 0.3) is 0 Å². The second-order valence-electron chi connectivity index (χ2n) is 4.03. The van der Waals surface area contributed by atoms with E-state index < -0.39 is 24.3 Å². The van der Waals surface area contributed by atoms with Crippen molar-refractivity contribution in [2.45, 2.75) is 63.3 Å². The van der Waals surface area contributed by atoms with Gasteiger partial charge in [-0.2, -0.15) is 22.0 Å². The fourth-order valence-corrected chi connectivity index (χ4v) is 1.34. The van der Waals surface area contributed by atoms with E-state index >= 15 is 0 Å². The average molecular weight is 264 g/mol. The maximum Gasteiger partial charge on any atom is 0.393 e. The van der Waals surface area contributed by atoms with Crippen LogP contribution in [-0.4, -0.2) is 28.1 Å². The first-order chi connectivity index (χ1) is 7.56. The molecule has 0 aromatic heterocycles. The number of hydrogen-bond acceptors (Lipinski definition) is 2. The third-order valence-electron chi connectivity index (χ3n) is 2.45. The summed E-state index contributed by atoms with van der Waals surface area (Å²) in [5.41, 5.74) is 0. The van der Waals surface area contributed by atoms with E-state index in [1.54, 1.807) is 0 Å². The molecule has 0 atom stereocenters. The van der Waals surface area contributed by atoms with Gasteiger partial charge in [0.1, 0.15) is 0 Å². The summed E-state index contributed by atoms with van der Waals surface area (Å²) < 4.78 is 63.3. The molecule has 0 saturated carbocycles. The fraction of sp³-hybridized carbons (Fsp3) is 1.00. The lowest BCUT2D eigenvalue weighted by molar-refractivity contribution is -0.414. The molecular weight excluding hydrogens is 247 g/mol. The van der Waals surface area contributed by atoms with Crippen molar-refractivity contribution in [1.29, 1.82) is 0 Å². The van der Waals surface area contributed by atoms with Crippen molar-refractivity contribution in [3.8, 4) is 0 Å². The van der Waals surface area contributed by atoms with E-state index in [0.29, 0.717) is 12.8 Å². The molecule has 0 bridgehead atoms. The monoisotopic (exact) mass is 264 g/mol. The zero-order valence-corrected chi connectivity index (χ0v) is 9.53. The van der Waals surface area contributed by atoms with E-state index in [0.717, 1.165) is 12.8 Å². The summed E-state index contributed by atoms with van der Waals surface area (Å²) in [5, 5.41) is 16.0. The second kappa shape index (κ2) is 5.95. The minimum atomic E-state index is -5.51. The van der Waals surface area contributed by atoms with Crippen LogP contribution in [0.4, 0.5) is 22.0 Å². The minimum Gasteiger partial charge on any atom is -0.335 e. The van der Waals surface area contributed by atoms with Crippen molar-refractivity contribution in [1.82, 2.24) is 0 Å². The van der Waals surface area contributed by atoms with Crippen LogP contribution in [0.5, 0.6) is 0 Å². The average Bonchev–Trinajstić information content (AvgIpc) is 2.15. The molecule has 0 rings (SSSR count). The molecule has 0 saturated heterocycles. The number of hydrogen-bond donors (Lipinski definition) is 2. The van der Waals surface area contributed by atoms with Crippen molar-refractivity contribution >= 4 is 0 Å². The zero-order chi connectivity index (χ0) is 13.7. The molecule has 0 aliphatic carbocycles. The summed E-state index contributed by atoms with van der Waals surface area (Å²) in [6, 6.07) is -5.21. The largest absolute Gasteiger partial charge is 0.393 e. The molecular formula is C10H17F5O2. The molecule has 0 aromatic carbocycles. The van der Waals surface area contributed by atoms with Crippen LogP contribution in [0, 0.1) is 0 Å². The standard InChI is InChI=1S/C10H17F5O2/c1-2-3-4-5-6-7-8(11,12)9(13,14)10(15,16)17/h16-17H,2-7H2,1H3. The summed E-state index contributed by atoms with van der Waals surface area (Å²) in [4.78, 5) is 0. The summed E-state index contributed by atoms with van der Waals surface area (Å²) in [6.45, 7) is 1.90. The molecule has 0 radical (unpaired) electrons. The van der Waals surface area contributed by atoms with Gasteiger partial charge in [-0.05, 0) is 6.42 Å². The summed E-state index contributed by atoms with van der Waals surface area (Å²) in [6.07, 6.45) is 1.10. The maximum absolute atomic E-state index is 12.9. The number of halogens is 5. The third kappa shape index (κ3) is 4.39. The van der Waals surface area contributed by atoms with Crippen molar-refractivity contribution < 1.29 is 32.2 Å². The Bertz CT molecular complexity index is 225. The van der Waals surface area contributed by atoms with Gasteiger partial charge < -0.3 is 10.2 Å². The van der Waals surface area contributed by atoms with Gasteiger partial charge in [0, 0.05) is 6.42 Å². The molecule has 0 heterocycles. The van der Waals surface area contributed by atoms with Crippen LogP contribution >= 0.6 is 0 Å². The molecule has 2 N–H and O–H groups in total. The van der Waals surface area contributed by atoms with Gasteiger partial charge in [0.15, 0.2) is 0 Å². The first-order valence-electron chi connectivity index (χ1n) is 5.45. The first-order valence-corrected chi connectivity index (χ1v) is 5.45. The van der Waals surface area contributed by atoms with E-state index in [9.17, 15) is 22.0 Å². The van der Waals surface area contributed by atoms with Gasteiger partial charge in [-0.15, -0.1) is 0 Å². The lowest BCUT2D eigenvalue weighted by atomic mass is 10.0. The van der Waals surface area contributed by atoms with Crippen molar-refractivity contribution in [3.05, 3.63) is 0 Å². The van der Waals surface area contributed by atoms with Gasteiger partial charge in [-0.3, -0.25) is 0 Å². The molecule has 2 nitrogen and oxygen atoms in total. The Balaban J connectivity index is 4.28. The van der Waals surface area contributed by atoms with Crippen LogP contribution in [0.2, 0.25) is 0 Å². The number of unbranched alkanes of at least 4 members (excludes halogenated alkanes) is 4. The van der Waals surface area contributed by atoms with Crippen LogP contribution in [0.1, 0.15) is 45.4 Å². The highest BCUT2D eigenvalue weighted by Gasteiger charge is 2.69. The Morgan fingerprint density at radius 1 is 0.824 bits per heavy atom. The fourth-order valence-electron chi connectivity index (χ4n) is 1.34. The van der Waals surface area contributed by atoms with E-state index in [2.05, 4.69) is 0 Å². The molecule has 0 amide bonds. The van der Waals surface area contributed by atoms with Gasteiger partial charge in [-0.1, -0.05) is 32.6 Å². The van der Waals surface area contributed by atoms with Crippen LogP contribution in [0.15, 0.2) is 0 Å². The van der Waals surface area contributed by atoms with E-state index in [4.69, 9.17) is 10.2 Å². The van der Waals surface area contributed by atoms with Gasteiger partial charge in [0.2, 0.25) is 0 Å². The molecule has 0 aliphatic rings. The molecule has 0 aromatic rings. The van der Waals surface area contributed by atoms with Crippen LogP contribution < -0.4 is 0 Å². The highest BCUT2D eigenvalue weighted by molar-refractivity contribution is 4.90. The van der Waals surface area contributed by atoms with Crippen LogP contribution in [-0.2, 0) is 0 Å². The van der Waals surface area contributed by atoms with E-state index in [1.165, 1.54) is 0 Å². The number of aliphatic hydroxyl groups is 2. The van der Waals surface area contributed by atoms with Gasteiger partial charge >= 0.3 is 17.9 Å². The smallest absolute Gasteiger partial charge is 0.335 e.